The summed E-state index contributed by atoms with van der Waals surface area (Å²) >= 11 is 1.26. The molecular weight excluding hydrogens is 161 g/mol. The molecule has 0 unspecified atom stereocenters. The van der Waals surface area contributed by atoms with E-state index in [9.17, 15) is 4.39 Å². The highest BCUT2D eigenvalue weighted by molar-refractivity contribution is 7.06. The van der Waals surface area contributed by atoms with E-state index in [1.54, 1.807) is 6.92 Å². The van der Waals surface area contributed by atoms with Crippen molar-refractivity contribution in [2.24, 2.45) is 0 Å². The Kier molecular flexibility index (Phi) is 2.01. The summed E-state index contributed by atoms with van der Waals surface area (Å²) in [6, 6.07) is 0. The van der Waals surface area contributed by atoms with E-state index in [-0.39, 0.29) is 11.2 Å². The average molecular weight is 173 g/mol. The Bertz CT molecular complexity index is 260. The van der Waals surface area contributed by atoms with Crippen molar-refractivity contribution in [2.75, 3.05) is 0 Å². The summed E-state index contributed by atoms with van der Waals surface area (Å²) in [5.74, 6) is -0.137. The number of rotatable bonds is 0. The van der Waals surface area contributed by atoms with Gasteiger partial charge in [-0.15, -0.1) is 0 Å². The van der Waals surface area contributed by atoms with Gasteiger partial charge in [0.2, 0.25) is 0 Å². The summed E-state index contributed by atoms with van der Waals surface area (Å²) in [6.45, 7) is 7.66. The highest BCUT2D eigenvalue weighted by atomic mass is 32.1. The molecule has 0 spiro atoms. The van der Waals surface area contributed by atoms with Gasteiger partial charge in [0.1, 0.15) is 0 Å². The summed E-state index contributed by atoms with van der Waals surface area (Å²) in [7, 11) is 0. The molecular formula is C8H12FNS. The number of hydrogen-bond acceptors (Lipinski definition) is 2. The molecule has 0 radical (unpaired) electrons. The first-order valence-corrected chi connectivity index (χ1v) is 4.32. The zero-order chi connectivity index (χ0) is 8.65. The minimum atomic E-state index is -0.137. The number of halogens is 1. The third kappa shape index (κ3) is 1.59. The normalized spacial score (nSPS) is 12.1. The maximum atomic E-state index is 13.2. The maximum Gasteiger partial charge on any atom is 0.160 e. The second kappa shape index (κ2) is 2.55. The first kappa shape index (κ1) is 8.65. The van der Waals surface area contributed by atoms with Gasteiger partial charge in [-0.05, 0) is 18.5 Å². The Morgan fingerprint density at radius 2 is 1.91 bits per heavy atom. The van der Waals surface area contributed by atoms with Gasteiger partial charge >= 0.3 is 0 Å². The average Bonchev–Trinajstić information content (AvgIpc) is 2.11. The minimum Gasteiger partial charge on any atom is -0.204 e. The lowest BCUT2D eigenvalue weighted by Gasteiger charge is -2.14. The second-order valence-electron chi connectivity index (χ2n) is 3.66. The van der Waals surface area contributed by atoms with Crippen molar-refractivity contribution in [2.45, 2.75) is 33.1 Å². The van der Waals surface area contributed by atoms with Crippen LogP contribution in [0.25, 0.3) is 0 Å². The van der Waals surface area contributed by atoms with E-state index >= 15 is 0 Å². The topological polar surface area (TPSA) is 12.9 Å². The molecule has 62 valence electrons. The van der Waals surface area contributed by atoms with E-state index in [2.05, 4.69) is 4.37 Å². The fourth-order valence-corrected chi connectivity index (χ4v) is 1.63. The SMILES string of the molecule is Cc1nsc(C(C)(C)C)c1F. The molecule has 0 aliphatic carbocycles. The Morgan fingerprint density at radius 1 is 1.36 bits per heavy atom. The van der Waals surface area contributed by atoms with Crippen LogP contribution >= 0.6 is 11.5 Å². The molecule has 0 N–H and O–H groups in total. The van der Waals surface area contributed by atoms with Gasteiger partial charge in [0, 0.05) is 5.41 Å². The Labute approximate surface area is 70.4 Å². The molecule has 1 nitrogen and oxygen atoms in total. The van der Waals surface area contributed by atoms with Crippen molar-refractivity contribution < 1.29 is 4.39 Å². The summed E-state index contributed by atoms with van der Waals surface area (Å²) in [6.07, 6.45) is 0. The zero-order valence-corrected chi connectivity index (χ0v) is 8.05. The van der Waals surface area contributed by atoms with Crippen molar-refractivity contribution in [3.05, 3.63) is 16.4 Å². The predicted molar refractivity (Wildman–Crippen MR) is 45.5 cm³/mol. The molecule has 0 saturated heterocycles. The van der Waals surface area contributed by atoms with Crippen LogP contribution in [0.4, 0.5) is 4.39 Å². The minimum absolute atomic E-state index is 0.115. The molecule has 1 heterocycles. The molecule has 0 atom stereocenters. The third-order valence-electron chi connectivity index (χ3n) is 1.47. The molecule has 1 rings (SSSR count). The van der Waals surface area contributed by atoms with Crippen molar-refractivity contribution in [3.63, 3.8) is 0 Å². The van der Waals surface area contributed by atoms with Crippen LogP contribution in [0.15, 0.2) is 0 Å². The monoisotopic (exact) mass is 173 g/mol. The summed E-state index contributed by atoms with van der Waals surface area (Å²) < 4.78 is 17.2. The largest absolute Gasteiger partial charge is 0.204 e. The third-order valence-corrected chi connectivity index (χ3v) is 2.81. The molecule has 0 aliphatic rings. The summed E-state index contributed by atoms with van der Waals surface area (Å²) in [4.78, 5) is 0.745. The fourth-order valence-electron chi connectivity index (χ4n) is 0.825. The molecule has 0 saturated carbocycles. The van der Waals surface area contributed by atoms with E-state index in [0.717, 1.165) is 4.88 Å². The number of aromatic nitrogens is 1. The fraction of sp³-hybridized carbons (Fsp3) is 0.625. The smallest absolute Gasteiger partial charge is 0.160 e. The molecule has 0 fully saturated rings. The van der Waals surface area contributed by atoms with Crippen LogP contribution in [0, 0.1) is 12.7 Å². The van der Waals surface area contributed by atoms with Gasteiger partial charge in [0.05, 0.1) is 10.6 Å². The van der Waals surface area contributed by atoms with Crippen LogP contribution in [-0.4, -0.2) is 4.37 Å². The van der Waals surface area contributed by atoms with E-state index in [0.29, 0.717) is 5.69 Å². The van der Waals surface area contributed by atoms with E-state index < -0.39 is 0 Å². The Hall–Kier alpha value is -0.440. The zero-order valence-electron chi connectivity index (χ0n) is 7.23. The van der Waals surface area contributed by atoms with Crippen LogP contribution in [0.5, 0.6) is 0 Å². The van der Waals surface area contributed by atoms with Crippen LogP contribution in [0.2, 0.25) is 0 Å². The molecule has 0 aliphatic heterocycles. The van der Waals surface area contributed by atoms with Gasteiger partial charge in [0.25, 0.3) is 0 Å². The van der Waals surface area contributed by atoms with Crippen molar-refractivity contribution >= 4 is 11.5 Å². The molecule has 11 heavy (non-hydrogen) atoms. The highest BCUT2D eigenvalue weighted by Crippen LogP contribution is 2.29. The summed E-state index contributed by atoms with van der Waals surface area (Å²) in [5, 5.41) is 0. The van der Waals surface area contributed by atoms with Crippen molar-refractivity contribution in [3.8, 4) is 0 Å². The molecule has 1 aromatic heterocycles. The first-order chi connectivity index (χ1) is 4.93. The van der Waals surface area contributed by atoms with Gasteiger partial charge in [-0.3, -0.25) is 0 Å². The van der Waals surface area contributed by atoms with Gasteiger partial charge in [-0.25, -0.2) is 4.39 Å². The molecule has 0 bridgehead atoms. The highest BCUT2D eigenvalue weighted by Gasteiger charge is 2.22. The number of nitrogens with zero attached hydrogens (tertiary/aromatic N) is 1. The molecule has 3 heteroatoms. The van der Waals surface area contributed by atoms with Crippen molar-refractivity contribution in [1.82, 2.24) is 4.37 Å². The lowest BCUT2D eigenvalue weighted by molar-refractivity contribution is 0.533. The first-order valence-electron chi connectivity index (χ1n) is 3.55. The molecule has 0 aromatic carbocycles. The Balaban J connectivity index is 3.15. The van der Waals surface area contributed by atoms with Crippen LogP contribution in [-0.2, 0) is 5.41 Å². The van der Waals surface area contributed by atoms with Gasteiger partial charge < -0.3 is 0 Å². The number of aryl methyl sites for hydroxylation is 1. The predicted octanol–water partition coefficient (Wildman–Crippen LogP) is 2.89. The van der Waals surface area contributed by atoms with Crippen LogP contribution < -0.4 is 0 Å². The van der Waals surface area contributed by atoms with E-state index in [1.165, 1.54) is 11.5 Å². The molecule has 1 aromatic rings. The van der Waals surface area contributed by atoms with Crippen LogP contribution in [0.3, 0.4) is 0 Å². The quantitative estimate of drug-likeness (QED) is 0.588. The summed E-state index contributed by atoms with van der Waals surface area (Å²) in [5.41, 5.74) is 0.399. The van der Waals surface area contributed by atoms with Gasteiger partial charge in [-0.1, -0.05) is 20.8 Å². The lowest BCUT2D eigenvalue weighted by atomic mass is 9.94. The number of hydrogen-bond donors (Lipinski definition) is 0. The van der Waals surface area contributed by atoms with Crippen molar-refractivity contribution in [1.29, 1.82) is 0 Å². The second-order valence-corrected chi connectivity index (χ2v) is 4.43. The maximum absolute atomic E-state index is 13.2. The molecule has 0 amide bonds. The van der Waals surface area contributed by atoms with E-state index in [4.69, 9.17) is 0 Å². The van der Waals surface area contributed by atoms with Crippen LogP contribution in [0.1, 0.15) is 31.3 Å². The Morgan fingerprint density at radius 3 is 2.09 bits per heavy atom. The lowest BCUT2D eigenvalue weighted by Crippen LogP contribution is -2.10. The standard InChI is InChI=1S/C8H12FNS/c1-5-6(9)7(11-10-5)8(2,3)4/h1-4H3. The van der Waals surface area contributed by atoms with E-state index in [1.807, 2.05) is 20.8 Å². The van der Waals surface area contributed by atoms with Gasteiger partial charge in [0.15, 0.2) is 5.82 Å². The van der Waals surface area contributed by atoms with Gasteiger partial charge in [-0.2, -0.15) is 4.37 Å².